The van der Waals surface area contributed by atoms with Gasteiger partial charge in [0, 0.05) is 16.0 Å². The van der Waals surface area contributed by atoms with Gasteiger partial charge in [-0.15, -0.1) is 0 Å². The zero-order valence-electron chi connectivity index (χ0n) is 23.6. The first-order valence-corrected chi connectivity index (χ1v) is 14.6. The fraction of sp³-hybridized carbons (Fsp3) is 0.419. The maximum atomic E-state index is 13.6. The molecule has 238 valence electrons. The van der Waals surface area contributed by atoms with Gasteiger partial charge < -0.3 is 15.3 Å². The van der Waals surface area contributed by atoms with Crippen LogP contribution >= 0.6 is 15.9 Å². The van der Waals surface area contributed by atoms with Crippen LogP contribution in [0.25, 0.3) is 6.08 Å². The van der Waals surface area contributed by atoms with Gasteiger partial charge in [0.05, 0.1) is 41.4 Å². The number of anilines is 1. The molecule has 0 saturated carbocycles. The maximum Gasteiger partial charge on any atom is 0.416 e. The highest BCUT2D eigenvalue weighted by Crippen LogP contribution is 2.49. The Kier molecular flexibility index (Phi) is 9.72. The van der Waals surface area contributed by atoms with E-state index < -0.39 is 71.4 Å². The van der Waals surface area contributed by atoms with E-state index >= 15 is 0 Å². The molecule has 0 radical (unpaired) electrons. The Bertz CT molecular complexity index is 1480. The molecule has 2 aliphatic rings. The molecule has 2 amide bonds. The van der Waals surface area contributed by atoms with Gasteiger partial charge in [-0.2, -0.15) is 26.3 Å². The van der Waals surface area contributed by atoms with Crippen LogP contribution in [0.2, 0.25) is 0 Å². The summed E-state index contributed by atoms with van der Waals surface area (Å²) in [6, 6.07) is 5.49. The number of nitrogens with zero attached hydrogens (tertiary/aromatic N) is 1. The summed E-state index contributed by atoms with van der Waals surface area (Å²) in [5.74, 6) is -5.43. The minimum absolute atomic E-state index is 0.0447. The van der Waals surface area contributed by atoms with E-state index in [-0.39, 0.29) is 24.7 Å². The molecule has 2 aromatic rings. The molecule has 13 heteroatoms. The number of phenolic OH excluding ortho intramolecular Hbond substituents is 1. The molecule has 1 aliphatic carbocycles. The molecule has 1 fully saturated rings. The molecule has 0 spiro atoms. The number of allylic oxidation sites excluding steroid dienone is 2. The SMILES string of the molecule is CCC1=C([C@H](O)CC/C(C)=C/c2cc(Br)ccc2O)[C@H](CO)[C@@H]2C(=O)N(c3cc(C(F)(F)F)cc(C(F)(F)F)c3)C(=O)[C@@H]2C1. The van der Waals surface area contributed by atoms with Crippen LogP contribution in [0.3, 0.4) is 0 Å². The molecule has 6 nitrogen and oxygen atoms in total. The number of rotatable bonds is 8. The number of hydrogen-bond acceptors (Lipinski definition) is 5. The number of imide groups is 1. The summed E-state index contributed by atoms with van der Waals surface area (Å²) >= 11 is 3.34. The lowest BCUT2D eigenvalue weighted by atomic mass is 9.67. The molecule has 1 heterocycles. The first kappa shape index (κ1) is 33.7. The standard InChI is InChI=1S/C31H30BrF6NO5/c1-3-16-10-22-27(23(14-40)26(16)25(42)6-4-15(2)8-17-9-20(32)5-7-24(17)41)29(44)39(28(22)43)21-12-18(30(33,34)35)11-19(13-21)31(36,37)38/h5,7-9,11-13,22-23,25,27,40-42H,3-4,6,10,14H2,1-2H3/b15-8+/t22-,23+,25-,27-/m1/s1. The first-order valence-electron chi connectivity index (χ1n) is 13.8. The van der Waals surface area contributed by atoms with Gasteiger partial charge in [-0.05, 0) is 74.6 Å². The molecule has 0 aromatic heterocycles. The number of phenols is 1. The summed E-state index contributed by atoms with van der Waals surface area (Å²) in [4.78, 5) is 27.4. The van der Waals surface area contributed by atoms with Crippen LogP contribution in [0, 0.1) is 17.8 Å². The third-order valence-electron chi connectivity index (χ3n) is 8.20. The van der Waals surface area contributed by atoms with Crippen LogP contribution < -0.4 is 4.90 Å². The number of carbonyl (C=O) groups is 2. The minimum Gasteiger partial charge on any atom is -0.507 e. The van der Waals surface area contributed by atoms with Crippen LogP contribution in [0.4, 0.5) is 32.0 Å². The van der Waals surface area contributed by atoms with Crippen molar-refractivity contribution in [1.82, 2.24) is 0 Å². The van der Waals surface area contributed by atoms with Gasteiger partial charge in [0.15, 0.2) is 0 Å². The van der Waals surface area contributed by atoms with E-state index in [4.69, 9.17) is 0 Å². The molecule has 1 saturated heterocycles. The van der Waals surface area contributed by atoms with Crippen molar-refractivity contribution in [3.05, 3.63) is 74.3 Å². The highest BCUT2D eigenvalue weighted by atomic mass is 79.9. The summed E-state index contributed by atoms with van der Waals surface area (Å²) in [6.45, 7) is 2.87. The van der Waals surface area contributed by atoms with Crippen molar-refractivity contribution in [2.45, 2.75) is 58.0 Å². The molecule has 4 atom stereocenters. The van der Waals surface area contributed by atoms with Crippen molar-refractivity contribution in [3.63, 3.8) is 0 Å². The number of halogens is 7. The van der Waals surface area contributed by atoms with E-state index in [9.17, 15) is 51.3 Å². The van der Waals surface area contributed by atoms with Gasteiger partial charge in [-0.25, -0.2) is 4.90 Å². The number of aliphatic hydroxyl groups excluding tert-OH is 2. The predicted molar refractivity (Wildman–Crippen MR) is 153 cm³/mol. The fourth-order valence-corrected chi connectivity index (χ4v) is 6.50. The van der Waals surface area contributed by atoms with Gasteiger partial charge >= 0.3 is 12.4 Å². The van der Waals surface area contributed by atoms with E-state index in [1.165, 1.54) is 6.07 Å². The van der Waals surface area contributed by atoms with Gasteiger partial charge in [0.2, 0.25) is 11.8 Å². The number of amides is 2. The Labute approximate surface area is 257 Å². The average molecular weight is 690 g/mol. The van der Waals surface area contributed by atoms with Crippen molar-refractivity contribution in [1.29, 1.82) is 0 Å². The number of carbonyl (C=O) groups excluding carboxylic acids is 2. The Balaban J connectivity index is 1.65. The van der Waals surface area contributed by atoms with Gasteiger partial charge in [-0.3, -0.25) is 9.59 Å². The van der Waals surface area contributed by atoms with Crippen molar-refractivity contribution < 1.29 is 51.3 Å². The smallest absolute Gasteiger partial charge is 0.416 e. The molecule has 2 aromatic carbocycles. The molecule has 0 bridgehead atoms. The Hall–Kier alpha value is -3.16. The zero-order chi connectivity index (χ0) is 32.7. The lowest BCUT2D eigenvalue weighted by Crippen LogP contribution is -2.39. The van der Waals surface area contributed by atoms with E-state index in [0.717, 1.165) is 10.0 Å². The molecular weight excluding hydrogens is 660 g/mol. The fourth-order valence-electron chi connectivity index (χ4n) is 6.12. The van der Waals surface area contributed by atoms with E-state index in [1.54, 1.807) is 32.1 Å². The number of aliphatic hydroxyl groups is 2. The van der Waals surface area contributed by atoms with Crippen molar-refractivity contribution >= 4 is 39.5 Å². The Morgan fingerprint density at radius 1 is 1.05 bits per heavy atom. The van der Waals surface area contributed by atoms with Crippen molar-refractivity contribution in [2.75, 3.05) is 11.5 Å². The number of hydrogen-bond donors (Lipinski definition) is 3. The highest BCUT2D eigenvalue weighted by molar-refractivity contribution is 9.10. The third kappa shape index (κ3) is 6.74. The van der Waals surface area contributed by atoms with Gasteiger partial charge in [0.1, 0.15) is 5.75 Å². The molecule has 1 aliphatic heterocycles. The summed E-state index contributed by atoms with van der Waals surface area (Å²) in [5, 5.41) is 31.8. The number of aromatic hydroxyl groups is 1. The van der Waals surface area contributed by atoms with Gasteiger partial charge in [-0.1, -0.05) is 40.1 Å². The number of benzene rings is 2. The van der Waals surface area contributed by atoms with E-state index in [0.29, 0.717) is 46.6 Å². The normalized spacial score (nSPS) is 22.1. The number of fused-ring (bicyclic) bond motifs is 1. The quantitative estimate of drug-likeness (QED) is 0.154. The van der Waals surface area contributed by atoms with Gasteiger partial charge in [0.25, 0.3) is 0 Å². The van der Waals surface area contributed by atoms with E-state index in [2.05, 4.69) is 15.9 Å². The van der Waals surface area contributed by atoms with Crippen LogP contribution in [0.15, 0.2) is 57.6 Å². The second-order valence-corrected chi connectivity index (χ2v) is 12.0. The predicted octanol–water partition coefficient (Wildman–Crippen LogP) is 7.26. The average Bonchev–Trinajstić information content (AvgIpc) is 3.20. The largest absolute Gasteiger partial charge is 0.507 e. The molecule has 44 heavy (non-hydrogen) atoms. The van der Waals surface area contributed by atoms with E-state index in [1.807, 2.05) is 0 Å². The lowest BCUT2D eigenvalue weighted by Gasteiger charge is -2.36. The summed E-state index contributed by atoms with van der Waals surface area (Å²) < 4.78 is 81.8. The Morgan fingerprint density at radius 2 is 1.66 bits per heavy atom. The van der Waals surface area contributed by atoms with Crippen molar-refractivity contribution in [2.24, 2.45) is 17.8 Å². The highest BCUT2D eigenvalue weighted by Gasteiger charge is 2.55. The monoisotopic (exact) mass is 689 g/mol. The van der Waals surface area contributed by atoms with Crippen LogP contribution in [-0.4, -0.2) is 39.8 Å². The van der Waals surface area contributed by atoms with Crippen LogP contribution in [-0.2, 0) is 21.9 Å². The van der Waals surface area contributed by atoms with Crippen LogP contribution in [0.5, 0.6) is 5.75 Å². The number of alkyl halides is 6. The lowest BCUT2D eigenvalue weighted by molar-refractivity contribution is -0.143. The first-order chi connectivity index (χ1) is 20.5. The Morgan fingerprint density at radius 3 is 2.20 bits per heavy atom. The second kappa shape index (κ2) is 12.7. The minimum atomic E-state index is -5.18. The zero-order valence-corrected chi connectivity index (χ0v) is 25.2. The summed E-state index contributed by atoms with van der Waals surface area (Å²) in [7, 11) is 0. The summed E-state index contributed by atoms with van der Waals surface area (Å²) in [5.41, 5.74) is -1.91. The second-order valence-electron chi connectivity index (χ2n) is 11.1. The molecular formula is C31H30BrF6NO5. The molecule has 0 unspecified atom stereocenters. The molecule has 4 rings (SSSR count). The summed E-state index contributed by atoms with van der Waals surface area (Å²) in [6.07, 6.45) is -9.00. The van der Waals surface area contributed by atoms with Crippen LogP contribution in [0.1, 0.15) is 56.2 Å². The third-order valence-corrected chi connectivity index (χ3v) is 8.69. The maximum absolute atomic E-state index is 13.6. The topological polar surface area (TPSA) is 98.1 Å². The van der Waals surface area contributed by atoms with Crippen molar-refractivity contribution in [3.8, 4) is 5.75 Å². The molecule has 3 N–H and O–H groups in total.